The highest BCUT2D eigenvalue weighted by atomic mass is 16.3. The molecule has 0 unspecified atom stereocenters. The molecule has 2 aliphatic rings. The summed E-state index contributed by atoms with van der Waals surface area (Å²) in [4.78, 5) is 33.5. The van der Waals surface area contributed by atoms with Gasteiger partial charge in [0.25, 0.3) is 0 Å². The molecule has 2 N–H and O–H groups in total. The Morgan fingerprint density at radius 3 is 2.72 bits per heavy atom. The standard InChI is InChI=1S/C22H26N4O3/c1-2-10-24-22(29)25-13-18-21(16-8-3-4-9-17(16)25)19(14-27)26(18)20(28)12-15-7-5-6-11-23-15/h3-9,11,18-19,21,27H,2,10,12-14H2,1H3,(H,24,29)/t18-,19-,21+/m1/s1. The van der Waals surface area contributed by atoms with Crippen LogP contribution in [0.5, 0.6) is 0 Å². The fraction of sp³-hybridized carbons (Fsp3) is 0.409. The third kappa shape index (κ3) is 3.46. The van der Waals surface area contributed by atoms with Crippen molar-refractivity contribution < 1.29 is 14.7 Å². The lowest BCUT2D eigenvalue weighted by molar-refractivity contribution is -0.149. The molecular weight excluding hydrogens is 368 g/mol. The number of benzene rings is 1. The number of fused-ring (bicyclic) bond motifs is 3. The van der Waals surface area contributed by atoms with E-state index in [9.17, 15) is 14.7 Å². The molecular formula is C22H26N4O3. The van der Waals surface area contributed by atoms with Crippen LogP contribution in [-0.4, -0.2) is 58.7 Å². The molecule has 2 aliphatic heterocycles. The first-order valence-corrected chi connectivity index (χ1v) is 10.1. The van der Waals surface area contributed by atoms with E-state index < -0.39 is 0 Å². The van der Waals surface area contributed by atoms with E-state index in [0.717, 1.165) is 17.7 Å². The van der Waals surface area contributed by atoms with Gasteiger partial charge in [-0.1, -0.05) is 31.2 Å². The van der Waals surface area contributed by atoms with Crippen LogP contribution in [-0.2, 0) is 11.2 Å². The summed E-state index contributed by atoms with van der Waals surface area (Å²) in [5.74, 6) is -0.0450. The van der Waals surface area contributed by atoms with Crippen molar-refractivity contribution in [2.75, 3.05) is 24.6 Å². The topological polar surface area (TPSA) is 85.8 Å². The summed E-state index contributed by atoms with van der Waals surface area (Å²) in [6.07, 6.45) is 2.71. The van der Waals surface area contributed by atoms with Crippen molar-refractivity contribution >= 4 is 17.6 Å². The van der Waals surface area contributed by atoms with Crippen molar-refractivity contribution in [3.05, 3.63) is 59.9 Å². The number of carbonyl (C=O) groups excluding carboxylic acids is 2. The maximum absolute atomic E-state index is 13.0. The van der Waals surface area contributed by atoms with Crippen molar-refractivity contribution in [1.29, 1.82) is 0 Å². The van der Waals surface area contributed by atoms with Gasteiger partial charge in [-0.05, 0) is 30.2 Å². The van der Waals surface area contributed by atoms with E-state index in [1.54, 1.807) is 16.0 Å². The summed E-state index contributed by atoms with van der Waals surface area (Å²) < 4.78 is 0. The number of nitrogens with one attached hydrogen (secondary N) is 1. The Balaban J connectivity index is 1.61. The highest BCUT2D eigenvalue weighted by Gasteiger charge is 2.55. The summed E-state index contributed by atoms with van der Waals surface area (Å²) in [7, 11) is 0. The summed E-state index contributed by atoms with van der Waals surface area (Å²) in [6.45, 7) is 2.93. The number of hydrogen-bond donors (Lipinski definition) is 2. The summed E-state index contributed by atoms with van der Waals surface area (Å²) in [5.41, 5.74) is 2.57. The fourth-order valence-corrected chi connectivity index (χ4v) is 4.50. The van der Waals surface area contributed by atoms with Crippen LogP contribution >= 0.6 is 0 Å². The lowest BCUT2D eigenvalue weighted by Gasteiger charge is -2.58. The number of aromatic nitrogens is 1. The maximum Gasteiger partial charge on any atom is 0.321 e. The second-order valence-corrected chi connectivity index (χ2v) is 7.54. The van der Waals surface area contributed by atoms with E-state index in [1.807, 2.05) is 49.4 Å². The van der Waals surface area contributed by atoms with E-state index >= 15 is 0 Å². The zero-order valence-corrected chi connectivity index (χ0v) is 16.5. The Bertz CT molecular complexity index is 889. The minimum Gasteiger partial charge on any atom is -0.394 e. The first-order chi connectivity index (χ1) is 14.2. The molecule has 7 heteroatoms. The Morgan fingerprint density at radius 2 is 2.00 bits per heavy atom. The van der Waals surface area contributed by atoms with Crippen LogP contribution in [0, 0.1) is 0 Å². The molecule has 0 bridgehead atoms. The number of aliphatic hydroxyl groups is 1. The molecule has 3 atom stereocenters. The Morgan fingerprint density at radius 1 is 1.21 bits per heavy atom. The summed E-state index contributed by atoms with van der Waals surface area (Å²) in [6, 6.07) is 12.7. The number of nitrogens with zero attached hydrogens (tertiary/aromatic N) is 3. The van der Waals surface area contributed by atoms with E-state index in [0.29, 0.717) is 18.8 Å². The lowest BCUT2D eigenvalue weighted by Crippen LogP contribution is -2.71. The summed E-state index contributed by atoms with van der Waals surface area (Å²) in [5, 5.41) is 13.0. The van der Waals surface area contributed by atoms with E-state index in [-0.39, 0.29) is 43.0 Å². The van der Waals surface area contributed by atoms with Gasteiger partial charge < -0.3 is 15.3 Å². The molecule has 29 heavy (non-hydrogen) atoms. The molecule has 7 nitrogen and oxygen atoms in total. The quantitative estimate of drug-likeness (QED) is 0.811. The third-order valence-corrected chi connectivity index (χ3v) is 5.80. The number of pyridine rings is 1. The van der Waals surface area contributed by atoms with Crippen LogP contribution in [0.2, 0.25) is 0 Å². The molecule has 4 rings (SSSR count). The smallest absolute Gasteiger partial charge is 0.321 e. The fourth-order valence-electron chi connectivity index (χ4n) is 4.50. The molecule has 1 aromatic carbocycles. The number of para-hydroxylation sites is 1. The van der Waals surface area contributed by atoms with Crippen molar-refractivity contribution in [2.24, 2.45) is 0 Å². The van der Waals surface area contributed by atoms with Crippen LogP contribution in [0.1, 0.15) is 30.5 Å². The Hall–Kier alpha value is -2.93. The van der Waals surface area contributed by atoms with Gasteiger partial charge in [0.2, 0.25) is 5.91 Å². The summed E-state index contributed by atoms with van der Waals surface area (Å²) >= 11 is 0. The molecule has 3 amide bonds. The number of amides is 3. The first kappa shape index (κ1) is 19.4. The number of likely N-dealkylation sites (tertiary alicyclic amines) is 1. The molecule has 1 saturated heterocycles. The van der Waals surface area contributed by atoms with Crippen molar-refractivity contribution in [1.82, 2.24) is 15.2 Å². The number of hydrogen-bond acceptors (Lipinski definition) is 4. The predicted octanol–water partition coefficient (Wildman–Crippen LogP) is 1.92. The number of carbonyl (C=O) groups is 2. The number of anilines is 1. The molecule has 0 spiro atoms. The number of urea groups is 1. The van der Waals surface area contributed by atoms with Crippen LogP contribution < -0.4 is 10.2 Å². The van der Waals surface area contributed by atoms with Gasteiger partial charge >= 0.3 is 6.03 Å². The van der Waals surface area contributed by atoms with Gasteiger partial charge in [-0.15, -0.1) is 0 Å². The highest BCUT2D eigenvalue weighted by molar-refractivity contribution is 5.94. The lowest BCUT2D eigenvalue weighted by atomic mass is 9.71. The molecule has 3 heterocycles. The van der Waals surface area contributed by atoms with Crippen LogP contribution in [0.3, 0.4) is 0 Å². The molecule has 2 aromatic rings. The van der Waals surface area contributed by atoms with Crippen LogP contribution in [0.25, 0.3) is 0 Å². The maximum atomic E-state index is 13.0. The number of rotatable bonds is 5. The molecule has 0 saturated carbocycles. The Labute approximate surface area is 170 Å². The van der Waals surface area contributed by atoms with E-state index in [2.05, 4.69) is 10.3 Å². The Kier molecular flexibility index (Phi) is 5.49. The predicted molar refractivity (Wildman–Crippen MR) is 110 cm³/mol. The minimum absolute atomic E-state index is 0.0270. The van der Waals surface area contributed by atoms with Crippen molar-refractivity contribution in [2.45, 2.75) is 37.8 Å². The van der Waals surface area contributed by atoms with Gasteiger partial charge in [-0.2, -0.15) is 0 Å². The molecule has 0 radical (unpaired) electrons. The van der Waals surface area contributed by atoms with Crippen molar-refractivity contribution in [3.63, 3.8) is 0 Å². The number of aliphatic hydroxyl groups excluding tert-OH is 1. The molecule has 1 fully saturated rings. The SMILES string of the molecule is CCCNC(=O)N1C[C@@H]2[C@H](c3ccccc31)[C@@H](CO)N2C(=O)Cc1ccccn1. The van der Waals surface area contributed by atoms with Gasteiger partial charge in [0, 0.05) is 36.6 Å². The van der Waals surface area contributed by atoms with Crippen molar-refractivity contribution in [3.8, 4) is 0 Å². The average molecular weight is 394 g/mol. The molecule has 1 aromatic heterocycles. The molecule has 0 aliphatic carbocycles. The monoisotopic (exact) mass is 394 g/mol. The van der Waals surface area contributed by atoms with Gasteiger partial charge in [0.1, 0.15) is 0 Å². The third-order valence-electron chi connectivity index (χ3n) is 5.80. The van der Waals surface area contributed by atoms with Gasteiger partial charge in [0.05, 0.1) is 25.1 Å². The van der Waals surface area contributed by atoms with Gasteiger partial charge in [-0.25, -0.2) is 4.79 Å². The van der Waals surface area contributed by atoms with E-state index in [1.165, 1.54) is 0 Å². The van der Waals surface area contributed by atoms with Crippen LogP contribution in [0.4, 0.5) is 10.5 Å². The minimum atomic E-state index is -0.279. The van der Waals surface area contributed by atoms with E-state index in [4.69, 9.17) is 0 Å². The largest absolute Gasteiger partial charge is 0.394 e. The normalized spacial score (nSPS) is 22.3. The zero-order valence-electron chi connectivity index (χ0n) is 16.5. The second-order valence-electron chi connectivity index (χ2n) is 7.54. The van der Waals surface area contributed by atoms with Crippen LogP contribution in [0.15, 0.2) is 48.7 Å². The highest BCUT2D eigenvalue weighted by Crippen LogP contribution is 2.48. The van der Waals surface area contributed by atoms with Gasteiger partial charge in [0.15, 0.2) is 0 Å². The zero-order chi connectivity index (χ0) is 20.4. The average Bonchev–Trinajstić information content (AvgIpc) is 2.73. The second kappa shape index (κ2) is 8.21. The molecule has 152 valence electrons. The first-order valence-electron chi connectivity index (χ1n) is 10.1. The van der Waals surface area contributed by atoms with Gasteiger partial charge in [-0.3, -0.25) is 14.7 Å².